The first kappa shape index (κ1) is 23.9. The Morgan fingerprint density at radius 2 is 1.79 bits per heavy atom. The van der Waals surface area contributed by atoms with Crippen LogP contribution in [0.25, 0.3) is 0 Å². The lowest BCUT2D eigenvalue weighted by atomic mass is 9.81. The molecule has 2 heterocycles. The summed E-state index contributed by atoms with van der Waals surface area (Å²) in [4.78, 5) is 28.6. The van der Waals surface area contributed by atoms with Gasteiger partial charge < -0.3 is 24.0 Å². The van der Waals surface area contributed by atoms with Crippen LogP contribution >= 0.6 is 0 Å². The number of fused-ring (bicyclic) bond motifs is 1. The predicted molar refractivity (Wildman–Crippen MR) is 129 cm³/mol. The van der Waals surface area contributed by atoms with Gasteiger partial charge in [0, 0.05) is 38.2 Å². The molecule has 2 aromatic carbocycles. The zero-order valence-corrected chi connectivity index (χ0v) is 20.7. The van der Waals surface area contributed by atoms with Crippen LogP contribution in [0.5, 0.6) is 11.5 Å². The number of methoxy groups -OCH3 is 1. The van der Waals surface area contributed by atoms with E-state index in [1.807, 2.05) is 51.1 Å². The van der Waals surface area contributed by atoms with Crippen LogP contribution < -0.4 is 9.47 Å². The second-order valence-electron chi connectivity index (χ2n) is 10.1. The van der Waals surface area contributed by atoms with Crippen molar-refractivity contribution in [1.29, 1.82) is 0 Å². The van der Waals surface area contributed by atoms with Crippen LogP contribution in [0.15, 0.2) is 42.5 Å². The molecule has 0 aromatic heterocycles. The molecule has 0 aliphatic carbocycles. The second-order valence-corrected chi connectivity index (χ2v) is 10.1. The van der Waals surface area contributed by atoms with E-state index in [4.69, 9.17) is 14.2 Å². The normalized spacial score (nSPS) is 20.2. The molecule has 0 spiro atoms. The van der Waals surface area contributed by atoms with Gasteiger partial charge in [0.1, 0.15) is 17.1 Å². The molecule has 182 valence electrons. The molecule has 2 aromatic rings. The van der Waals surface area contributed by atoms with Gasteiger partial charge in [0.2, 0.25) is 0 Å². The van der Waals surface area contributed by atoms with Crippen LogP contribution in [0, 0.1) is 5.92 Å². The molecule has 0 radical (unpaired) electrons. The molecule has 4 rings (SSSR count). The molecule has 7 heteroatoms. The topological polar surface area (TPSA) is 68.3 Å². The molecule has 1 saturated heterocycles. The maximum atomic E-state index is 12.8. The zero-order valence-electron chi connectivity index (χ0n) is 20.7. The van der Waals surface area contributed by atoms with Crippen molar-refractivity contribution in [3.63, 3.8) is 0 Å². The van der Waals surface area contributed by atoms with Crippen LogP contribution in [0.3, 0.4) is 0 Å². The minimum absolute atomic E-state index is 0.0188. The second kappa shape index (κ2) is 9.57. The molecule has 2 aliphatic rings. The van der Waals surface area contributed by atoms with Gasteiger partial charge in [0.15, 0.2) is 0 Å². The average molecular weight is 467 g/mol. The van der Waals surface area contributed by atoms with Gasteiger partial charge in [0.05, 0.1) is 13.7 Å². The Morgan fingerprint density at radius 3 is 2.47 bits per heavy atom. The van der Waals surface area contributed by atoms with Crippen molar-refractivity contribution in [3.8, 4) is 11.5 Å². The number of likely N-dealkylation sites (tertiary alicyclic amines) is 1. The van der Waals surface area contributed by atoms with Crippen molar-refractivity contribution in [2.45, 2.75) is 45.3 Å². The van der Waals surface area contributed by atoms with E-state index in [1.165, 1.54) is 5.56 Å². The number of amides is 2. The zero-order chi connectivity index (χ0) is 24.5. The van der Waals surface area contributed by atoms with E-state index in [0.717, 1.165) is 17.7 Å². The monoisotopic (exact) mass is 466 g/mol. The third-order valence-electron chi connectivity index (χ3n) is 6.46. The summed E-state index contributed by atoms with van der Waals surface area (Å²) >= 11 is 0. The fraction of sp³-hybridized carbons (Fsp3) is 0.481. The number of benzene rings is 2. The first-order valence-corrected chi connectivity index (χ1v) is 11.8. The highest BCUT2D eigenvalue weighted by atomic mass is 16.6. The van der Waals surface area contributed by atoms with Crippen molar-refractivity contribution in [2.24, 2.45) is 5.92 Å². The van der Waals surface area contributed by atoms with Gasteiger partial charge >= 0.3 is 6.09 Å². The van der Waals surface area contributed by atoms with Gasteiger partial charge in [-0.05, 0) is 68.5 Å². The Kier molecular flexibility index (Phi) is 6.73. The van der Waals surface area contributed by atoms with E-state index in [9.17, 15) is 9.59 Å². The SMILES string of the molecule is COc1ccc([C@@H]2CCN(C(=O)OC(C)(C)C)CC2COc2ccc3c(c2)C(=O)N(C)C3)cc1. The van der Waals surface area contributed by atoms with Gasteiger partial charge in [-0.25, -0.2) is 4.79 Å². The number of carbonyl (C=O) groups excluding carboxylic acids is 2. The lowest BCUT2D eigenvalue weighted by Crippen LogP contribution is -2.46. The minimum atomic E-state index is -0.542. The van der Waals surface area contributed by atoms with Crippen molar-refractivity contribution < 1.29 is 23.8 Å². The van der Waals surface area contributed by atoms with Crippen LogP contribution in [0.4, 0.5) is 4.79 Å². The van der Waals surface area contributed by atoms with E-state index >= 15 is 0 Å². The van der Waals surface area contributed by atoms with E-state index in [2.05, 4.69) is 12.1 Å². The van der Waals surface area contributed by atoms with E-state index in [-0.39, 0.29) is 23.8 Å². The van der Waals surface area contributed by atoms with Crippen LogP contribution in [-0.4, -0.2) is 61.3 Å². The van der Waals surface area contributed by atoms with Crippen LogP contribution in [0.1, 0.15) is 54.6 Å². The van der Waals surface area contributed by atoms with Crippen LogP contribution in [0.2, 0.25) is 0 Å². The summed E-state index contributed by atoms with van der Waals surface area (Å²) in [6.45, 7) is 7.85. The van der Waals surface area contributed by atoms with E-state index < -0.39 is 5.60 Å². The number of rotatable bonds is 5. The van der Waals surface area contributed by atoms with Gasteiger partial charge in [-0.15, -0.1) is 0 Å². The molecule has 2 aliphatic heterocycles. The highest BCUT2D eigenvalue weighted by Crippen LogP contribution is 2.35. The maximum Gasteiger partial charge on any atom is 0.410 e. The van der Waals surface area contributed by atoms with Crippen LogP contribution in [-0.2, 0) is 11.3 Å². The molecule has 7 nitrogen and oxygen atoms in total. The summed E-state index contributed by atoms with van der Waals surface area (Å²) in [7, 11) is 3.46. The summed E-state index contributed by atoms with van der Waals surface area (Å²) in [5.41, 5.74) is 2.37. The fourth-order valence-corrected chi connectivity index (χ4v) is 4.70. The predicted octanol–water partition coefficient (Wildman–Crippen LogP) is 4.70. The smallest absolute Gasteiger partial charge is 0.410 e. The average Bonchev–Trinajstić information content (AvgIpc) is 3.09. The lowest BCUT2D eigenvalue weighted by molar-refractivity contribution is 0.0111. The molecular formula is C27H34N2O5. The number of piperidine rings is 1. The molecule has 34 heavy (non-hydrogen) atoms. The molecule has 2 atom stereocenters. The molecule has 0 bridgehead atoms. The first-order valence-electron chi connectivity index (χ1n) is 11.8. The number of hydrogen-bond acceptors (Lipinski definition) is 5. The van der Waals surface area contributed by atoms with Gasteiger partial charge in [-0.1, -0.05) is 18.2 Å². The largest absolute Gasteiger partial charge is 0.497 e. The fourth-order valence-electron chi connectivity index (χ4n) is 4.70. The number of carbonyl (C=O) groups is 2. The Bertz CT molecular complexity index is 1040. The van der Waals surface area contributed by atoms with Crippen molar-refractivity contribution in [3.05, 3.63) is 59.2 Å². The molecule has 1 fully saturated rings. The number of ether oxygens (including phenoxy) is 3. The van der Waals surface area contributed by atoms with E-state index in [1.54, 1.807) is 24.0 Å². The van der Waals surface area contributed by atoms with Gasteiger partial charge in [-0.2, -0.15) is 0 Å². The number of nitrogens with zero attached hydrogens (tertiary/aromatic N) is 2. The third-order valence-corrected chi connectivity index (χ3v) is 6.46. The minimum Gasteiger partial charge on any atom is -0.497 e. The third kappa shape index (κ3) is 5.29. The number of hydrogen-bond donors (Lipinski definition) is 0. The summed E-state index contributed by atoms with van der Waals surface area (Å²) in [6.07, 6.45) is 0.518. The Balaban J connectivity index is 1.51. The summed E-state index contributed by atoms with van der Waals surface area (Å²) < 4.78 is 17.1. The molecule has 1 unspecified atom stereocenters. The Hall–Kier alpha value is -3.22. The molecule has 0 N–H and O–H groups in total. The molecular weight excluding hydrogens is 432 g/mol. The standard InChI is InChI=1S/C27H34N2O5/c1-27(2,3)34-26(31)29-13-12-23(18-6-9-21(32-5)10-7-18)20(16-29)17-33-22-11-8-19-15-28(4)25(30)24(19)14-22/h6-11,14,20,23H,12-13,15-17H2,1-5H3/t20?,23-/m0/s1. The van der Waals surface area contributed by atoms with Crippen molar-refractivity contribution in [1.82, 2.24) is 9.80 Å². The first-order chi connectivity index (χ1) is 16.1. The van der Waals surface area contributed by atoms with Crippen molar-refractivity contribution in [2.75, 3.05) is 33.9 Å². The summed E-state index contributed by atoms with van der Waals surface area (Å²) in [6, 6.07) is 13.8. The highest BCUT2D eigenvalue weighted by Gasteiger charge is 2.35. The van der Waals surface area contributed by atoms with Crippen molar-refractivity contribution >= 4 is 12.0 Å². The maximum absolute atomic E-state index is 12.8. The van der Waals surface area contributed by atoms with Gasteiger partial charge in [0.25, 0.3) is 5.91 Å². The summed E-state index contributed by atoms with van der Waals surface area (Å²) in [5, 5.41) is 0. The highest BCUT2D eigenvalue weighted by molar-refractivity contribution is 5.98. The summed E-state index contributed by atoms with van der Waals surface area (Å²) in [5.74, 6) is 1.80. The Labute approximate surface area is 201 Å². The molecule has 0 saturated carbocycles. The lowest BCUT2D eigenvalue weighted by Gasteiger charge is -2.39. The quantitative estimate of drug-likeness (QED) is 0.639. The molecule has 2 amide bonds. The Morgan fingerprint density at radius 1 is 1.09 bits per heavy atom. The van der Waals surface area contributed by atoms with Gasteiger partial charge in [-0.3, -0.25) is 4.79 Å². The van der Waals surface area contributed by atoms with E-state index in [0.29, 0.717) is 37.6 Å².